The van der Waals surface area contributed by atoms with Crippen molar-refractivity contribution < 1.29 is 0 Å². The zero-order valence-electron chi connectivity index (χ0n) is 53.6. The van der Waals surface area contributed by atoms with Gasteiger partial charge in [0.2, 0.25) is 0 Å². The summed E-state index contributed by atoms with van der Waals surface area (Å²) < 4.78 is 0. The fourth-order valence-corrected chi connectivity index (χ4v) is 14.2. The molecule has 100 heavy (non-hydrogen) atoms. The highest BCUT2D eigenvalue weighted by molar-refractivity contribution is 6.18. The van der Waals surface area contributed by atoms with E-state index in [9.17, 15) is 0 Å². The molecule has 0 unspecified atom stereocenters. The molecule has 0 aliphatic carbocycles. The predicted octanol–water partition coefficient (Wildman–Crippen LogP) is 22.2. The minimum Gasteiger partial charge on any atom is -0.256 e. The molecule has 0 atom stereocenters. The summed E-state index contributed by atoms with van der Waals surface area (Å²) in [6, 6.07) is 107. The van der Waals surface area contributed by atoms with E-state index in [4.69, 9.17) is 39.9 Å². The molecule has 0 spiro atoms. The van der Waals surface area contributed by atoms with E-state index < -0.39 is 0 Å². The van der Waals surface area contributed by atoms with Crippen molar-refractivity contribution in [1.29, 1.82) is 0 Å². The number of rotatable bonds is 8. The third-order valence-electron chi connectivity index (χ3n) is 19.0. The van der Waals surface area contributed by atoms with E-state index in [-0.39, 0.29) is 0 Å². The van der Waals surface area contributed by atoms with E-state index in [1.165, 1.54) is 11.1 Å². The monoisotopic (exact) mass is 1270 g/mol. The number of nitrogens with zero attached hydrogens (tertiary/aromatic N) is 10. The van der Waals surface area contributed by atoms with Crippen LogP contribution in [0.1, 0.15) is 0 Å². The standard InChI is InChI=1S/2C45H27N5/c1-2-9-29(10-3-1)42-34-11-4-5-13-37(34)50-45-36(42)20-17-30-19-23-38(49-43(30)45)35-22-21-32(33-12-8-26-47-44(33)35)31-16-15-28-18-24-40(48-41(28)27-31)39-14-6-7-25-46-39;1-2-8-29(9-3-1)43-34-10-4-5-11-37(34)49-45-35(43)20-15-30-17-23-41(50-44(30)45)40-24-19-33-26-31(18-21-36(33)47-40)32-14-13-28-16-22-39(48-42(28)27-32)38-12-6-7-25-46-38/h2*1-27H. The largest absolute Gasteiger partial charge is 0.256 e. The van der Waals surface area contributed by atoms with Crippen LogP contribution in [0.2, 0.25) is 0 Å². The third-order valence-corrected chi connectivity index (χ3v) is 19.0. The smallest absolute Gasteiger partial charge is 0.0978 e. The summed E-state index contributed by atoms with van der Waals surface area (Å²) in [5.74, 6) is 0. The molecule has 20 aromatic rings. The van der Waals surface area contributed by atoms with Crippen LogP contribution in [0.5, 0.6) is 0 Å². The summed E-state index contributed by atoms with van der Waals surface area (Å²) in [5.41, 5.74) is 25.1. The van der Waals surface area contributed by atoms with Crippen LogP contribution in [0, 0.1) is 0 Å². The Bertz CT molecular complexity index is 6650. The lowest BCUT2D eigenvalue weighted by atomic mass is 9.94. The quantitative estimate of drug-likeness (QED) is 0.107. The highest BCUT2D eigenvalue weighted by Gasteiger charge is 2.20. The topological polar surface area (TPSA) is 129 Å². The molecule has 20 rings (SSSR count). The Hall–Kier alpha value is -13.7. The molecule has 10 heteroatoms. The first kappa shape index (κ1) is 57.7. The number of fused-ring (bicyclic) bond motifs is 12. The number of pyridine rings is 10. The number of benzene rings is 10. The third kappa shape index (κ3) is 10.3. The van der Waals surface area contributed by atoms with E-state index in [1.54, 1.807) is 12.4 Å². The van der Waals surface area contributed by atoms with Gasteiger partial charge < -0.3 is 0 Å². The van der Waals surface area contributed by atoms with Crippen molar-refractivity contribution in [3.05, 3.63) is 328 Å². The molecule has 0 aliphatic rings. The number of aromatic nitrogens is 10. The molecule has 0 saturated carbocycles. The second-order valence-corrected chi connectivity index (χ2v) is 25.0. The van der Waals surface area contributed by atoms with Gasteiger partial charge in [-0.25, -0.2) is 34.9 Å². The molecular formula is C90H54N10. The van der Waals surface area contributed by atoms with Crippen molar-refractivity contribution in [2.45, 2.75) is 0 Å². The molecule has 10 nitrogen and oxygen atoms in total. The second-order valence-electron chi connectivity index (χ2n) is 25.0. The van der Waals surface area contributed by atoms with E-state index in [2.05, 4.69) is 253 Å². The molecule has 0 bridgehead atoms. The van der Waals surface area contributed by atoms with Gasteiger partial charge in [-0.15, -0.1) is 0 Å². The van der Waals surface area contributed by atoms with Crippen LogP contribution in [-0.4, -0.2) is 49.8 Å². The van der Waals surface area contributed by atoms with Crippen molar-refractivity contribution in [1.82, 2.24) is 49.8 Å². The Kier molecular flexibility index (Phi) is 14.0. The normalized spacial score (nSPS) is 11.6. The number of hydrogen-bond acceptors (Lipinski definition) is 10. The Morgan fingerprint density at radius 2 is 0.600 bits per heavy atom. The maximum absolute atomic E-state index is 5.33. The summed E-state index contributed by atoms with van der Waals surface area (Å²) >= 11 is 0. The summed E-state index contributed by atoms with van der Waals surface area (Å²) in [5, 5.41) is 10.8. The van der Waals surface area contributed by atoms with Gasteiger partial charge in [-0.1, -0.05) is 206 Å². The Morgan fingerprint density at radius 3 is 1.20 bits per heavy atom. The average molecular weight is 1280 g/mol. The Morgan fingerprint density at radius 1 is 0.170 bits per heavy atom. The van der Waals surface area contributed by atoms with Crippen LogP contribution in [0.25, 0.3) is 199 Å². The van der Waals surface area contributed by atoms with Crippen molar-refractivity contribution in [3.8, 4) is 89.9 Å². The summed E-state index contributed by atoms with van der Waals surface area (Å²) in [6.45, 7) is 0. The average Bonchev–Trinajstić information content (AvgIpc) is 0.754. The lowest BCUT2D eigenvalue weighted by molar-refractivity contribution is 1.28. The number of para-hydroxylation sites is 2. The second kappa shape index (κ2) is 24.2. The molecule has 10 aromatic carbocycles. The van der Waals surface area contributed by atoms with Crippen molar-refractivity contribution in [2.24, 2.45) is 0 Å². The van der Waals surface area contributed by atoms with Gasteiger partial charge in [-0.05, 0) is 137 Å². The molecule has 0 N–H and O–H groups in total. The van der Waals surface area contributed by atoms with Crippen molar-refractivity contribution in [2.75, 3.05) is 0 Å². The van der Waals surface area contributed by atoms with Gasteiger partial charge in [0.1, 0.15) is 0 Å². The molecular weight excluding hydrogens is 1220 g/mol. The molecule has 0 saturated heterocycles. The van der Waals surface area contributed by atoms with Crippen LogP contribution in [0.3, 0.4) is 0 Å². The van der Waals surface area contributed by atoms with Crippen molar-refractivity contribution >= 4 is 109 Å². The fourth-order valence-electron chi connectivity index (χ4n) is 14.2. The first-order valence-corrected chi connectivity index (χ1v) is 33.3. The minimum atomic E-state index is 0.816. The summed E-state index contributed by atoms with van der Waals surface area (Å²) in [6.07, 6.45) is 5.45. The van der Waals surface area contributed by atoms with Crippen LogP contribution in [0.4, 0.5) is 0 Å². The summed E-state index contributed by atoms with van der Waals surface area (Å²) in [4.78, 5) is 49.8. The first-order valence-electron chi connectivity index (χ1n) is 33.3. The number of hydrogen-bond donors (Lipinski definition) is 0. The minimum absolute atomic E-state index is 0.816. The molecule has 0 radical (unpaired) electrons. The molecule has 10 aromatic heterocycles. The summed E-state index contributed by atoms with van der Waals surface area (Å²) in [7, 11) is 0. The van der Waals surface area contributed by atoms with Crippen molar-refractivity contribution in [3.63, 3.8) is 0 Å². The van der Waals surface area contributed by atoms with E-state index in [1.807, 2.05) is 72.9 Å². The van der Waals surface area contributed by atoms with Gasteiger partial charge in [0.15, 0.2) is 0 Å². The van der Waals surface area contributed by atoms with Crippen LogP contribution in [-0.2, 0) is 0 Å². The van der Waals surface area contributed by atoms with E-state index in [0.29, 0.717) is 0 Å². The van der Waals surface area contributed by atoms with Gasteiger partial charge >= 0.3 is 0 Å². The van der Waals surface area contributed by atoms with Gasteiger partial charge in [-0.2, -0.15) is 0 Å². The fraction of sp³-hybridized carbons (Fsp3) is 0. The SMILES string of the molecule is c1ccc(-c2c3ccccc3nc3c2ccc2ccc(-c4ccc(-c5ccc6ccc(-c7ccccn7)nc6c5)c5cccnc45)nc23)cc1.c1ccc(-c2c3ccccc3nc3c2ccc2ccc(-c4ccc5cc(-c6ccc7ccc(-c8ccccn8)nc7c6)ccc5n4)nc23)cc1. The van der Waals surface area contributed by atoms with Crippen LogP contribution >= 0.6 is 0 Å². The lowest BCUT2D eigenvalue weighted by Crippen LogP contribution is -1.94. The molecule has 0 fully saturated rings. The molecule has 464 valence electrons. The first-order chi connectivity index (χ1) is 49.5. The molecule has 10 heterocycles. The zero-order chi connectivity index (χ0) is 66.0. The van der Waals surface area contributed by atoms with Gasteiger partial charge in [-0.3, -0.25) is 15.0 Å². The predicted molar refractivity (Wildman–Crippen MR) is 409 cm³/mol. The zero-order valence-corrected chi connectivity index (χ0v) is 53.6. The van der Waals surface area contributed by atoms with Crippen LogP contribution in [0.15, 0.2) is 328 Å². The maximum Gasteiger partial charge on any atom is 0.0978 e. The molecule has 0 amide bonds. The van der Waals surface area contributed by atoms with Crippen LogP contribution < -0.4 is 0 Å². The van der Waals surface area contributed by atoms with Gasteiger partial charge in [0, 0.05) is 89.1 Å². The Labute approximate surface area is 573 Å². The van der Waals surface area contributed by atoms with E-state index in [0.717, 1.165) is 188 Å². The highest BCUT2D eigenvalue weighted by atomic mass is 14.8. The highest BCUT2D eigenvalue weighted by Crippen LogP contribution is 2.42. The Balaban J connectivity index is 0.000000139. The molecule has 0 aliphatic heterocycles. The van der Waals surface area contributed by atoms with Gasteiger partial charge in [0.05, 0.1) is 95.0 Å². The maximum atomic E-state index is 5.33. The van der Waals surface area contributed by atoms with Gasteiger partial charge in [0.25, 0.3) is 0 Å². The van der Waals surface area contributed by atoms with E-state index >= 15 is 0 Å². The lowest BCUT2D eigenvalue weighted by Gasteiger charge is -2.14.